The molecular weight excluding hydrogens is 176 g/mol. The van der Waals surface area contributed by atoms with Gasteiger partial charge in [0.25, 0.3) is 0 Å². The molecule has 0 aromatic carbocycles. The van der Waals surface area contributed by atoms with Gasteiger partial charge in [-0.05, 0) is 24.7 Å². The van der Waals surface area contributed by atoms with Crippen LogP contribution in [0.25, 0.3) is 0 Å². The molecule has 0 amide bonds. The third-order valence-corrected chi connectivity index (χ3v) is 3.60. The molecule has 1 aliphatic rings. The Morgan fingerprint density at radius 2 is 2.07 bits per heavy atom. The zero-order valence-electron chi connectivity index (χ0n) is 9.54. The maximum absolute atomic E-state index is 10.0. The molecule has 0 saturated heterocycles. The summed E-state index contributed by atoms with van der Waals surface area (Å²) in [4.78, 5) is 0. The van der Waals surface area contributed by atoms with Crippen molar-refractivity contribution in [3.05, 3.63) is 0 Å². The average Bonchev–Trinajstić information content (AvgIpc) is 2.25. The molecule has 3 atom stereocenters. The van der Waals surface area contributed by atoms with Crippen molar-refractivity contribution in [3.8, 4) is 0 Å². The average molecular weight is 200 g/mol. The third kappa shape index (κ3) is 3.25. The van der Waals surface area contributed by atoms with Crippen LogP contribution in [-0.4, -0.2) is 24.9 Å². The van der Waals surface area contributed by atoms with Crippen molar-refractivity contribution in [2.24, 2.45) is 11.8 Å². The van der Waals surface area contributed by atoms with E-state index in [1.807, 2.05) is 0 Å². The normalized spacial score (nSPS) is 30.2. The molecule has 1 N–H and O–H groups in total. The highest BCUT2D eigenvalue weighted by Crippen LogP contribution is 2.35. The van der Waals surface area contributed by atoms with Crippen LogP contribution in [0.1, 0.15) is 45.4 Å². The van der Waals surface area contributed by atoms with Gasteiger partial charge >= 0.3 is 0 Å². The molecular formula is C12H24O2. The fourth-order valence-corrected chi connectivity index (χ4v) is 2.70. The molecule has 0 aromatic rings. The minimum atomic E-state index is -0.139. The summed E-state index contributed by atoms with van der Waals surface area (Å²) in [6.07, 6.45) is 7.05. The molecule has 1 aliphatic carbocycles. The molecule has 0 bridgehead atoms. The van der Waals surface area contributed by atoms with Crippen LogP contribution in [0.15, 0.2) is 0 Å². The predicted octanol–water partition coefficient (Wildman–Crippen LogP) is 2.60. The van der Waals surface area contributed by atoms with E-state index in [2.05, 4.69) is 6.92 Å². The van der Waals surface area contributed by atoms with Crippen molar-refractivity contribution in [1.29, 1.82) is 0 Å². The smallest absolute Gasteiger partial charge is 0.0593 e. The highest BCUT2D eigenvalue weighted by Gasteiger charge is 2.29. The molecule has 84 valence electrons. The minimum absolute atomic E-state index is 0.139. The van der Waals surface area contributed by atoms with Gasteiger partial charge in [0.15, 0.2) is 0 Å². The summed E-state index contributed by atoms with van der Waals surface area (Å²) in [5.41, 5.74) is 0. The Morgan fingerprint density at radius 3 is 2.71 bits per heavy atom. The van der Waals surface area contributed by atoms with E-state index in [0.717, 1.165) is 12.3 Å². The van der Waals surface area contributed by atoms with E-state index < -0.39 is 0 Å². The molecule has 1 rings (SSSR count). The zero-order valence-corrected chi connectivity index (χ0v) is 9.54. The third-order valence-electron chi connectivity index (χ3n) is 3.60. The second-order valence-electron chi connectivity index (χ2n) is 4.47. The molecule has 3 unspecified atom stereocenters. The summed E-state index contributed by atoms with van der Waals surface area (Å²) in [5.74, 6) is 1.28. The Labute approximate surface area is 87.7 Å². The van der Waals surface area contributed by atoms with Crippen LogP contribution in [0.4, 0.5) is 0 Å². The van der Waals surface area contributed by atoms with Crippen LogP contribution in [-0.2, 0) is 4.74 Å². The summed E-state index contributed by atoms with van der Waals surface area (Å²) in [5, 5.41) is 10.0. The Hall–Kier alpha value is -0.0800. The van der Waals surface area contributed by atoms with Gasteiger partial charge in [-0.1, -0.05) is 32.6 Å². The zero-order chi connectivity index (χ0) is 10.4. The molecule has 1 fully saturated rings. The van der Waals surface area contributed by atoms with Crippen LogP contribution in [0, 0.1) is 11.8 Å². The number of ether oxygens (including phenoxy) is 1. The number of aliphatic hydroxyl groups excluding tert-OH is 1. The van der Waals surface area contributed by atoms with Gasteiger partial charge in [0.05, 0.1) is 6.10 Å². The van der Waals surface area contributed by atoms with Crippen molar-refractivity contribution in [2.45, 2.75) is 51.6 Å². The van der Waals surface area contributed by atoms with E-state index in [-0.39, 0.29) is 6.10 Å². The maximum atomic E-state index is 10.0. The van der Waals surface area contributed by atoms with Gasteiger partial charge in [-0.25, -0.2) is 0 Å². The number of methoxy groups -OCH3 is 1. The topological polar surface area (TPSA) is 29.5 Å². The second-order valence-corrected chi connectivity index (χ2v) is 4.47. The minimum Gasteiger partial charge on any atom is -0.393 e. The Balaban J connectivity index is 2.37. The Bertz CT molecular complexity index is 147. The molecule has 0 radical (unpaired) electrons. The van der Waals surface area contributed by atoms with Gasteiger partial charge in [-0.3, -0.25) is 0 Å². The largest absolute Gasteiger partial charge is 0.393 e. The van der Waals surface area contributed by atoms with Gasteiger partial charge in [0.1, 0.15) is 0 Å². The SMILES string of the molecule is CCC1CCCCC1C(O)CCOC. The first-order valence-electron chi connectivity index (χ1n) is 5.96. The predicted molar refractivity (Wildman–Crippen MR) is 58.2 cm³/mol. The van der Waals surface area contributed by atoms with Crippen LogP contribution in [0.3, 0.4) is 0 Å². The van der Waals surface area contributed by atoms with E-state index in [1.165, 1.54) is 32.1 Å². The highest BCUT2D eigenvalue weighted by atomic mass is 16.5. The molecule has 0 aromatic heterocycles. The molecule has 2 nitrogen and oxygen atoms in total. The lowest BCUT2D eigenvalue weighted by molar-refractivity contribution is 0.0222. The fourth-order valence-electron chi connectivity index (χ4n) is 2.70. The fraction of sp³-hybridized carbons (Fsp3) is 1.00. The van der Waals surface area contributed by atoms with Gasteiger partial charge in [0.2, 0.25) is 0 Å². The summed E-state index contributed by atoms with van der Waals surface area (Å²) in [6.45, 7) is 2.93. The van der Waals surface area contributed by atoms with Crippen LogP contribution in [0.5, 0.6) is 0 Å². The Morgan fingerprint density at radius 1 is 1.36 bits per heavy atom. The number of hydrogen-bond donors (Lipinski definition) is 1. The first-order chi connectivity index (χ1) is 6.79. The molecule has 14 heavy (non-hydrogen) atoms. The first-order valence-corrected chi connectivity index (χ1v) is 5.96. The number of hydrogen-bond acceptors (Lipinski definition) is 2. The van der Waals surface area contributed by atoms with E-state index in [4.69, 9.17) is 4.74 Å². The van der Waals surface area contributed by atoms with Crippen molar-refractivity contribution in [2.75, 3.05) is 13.7 Å². The van der Waals surface area contributed by atoms with Crippen LogP contribution in [0.2, 0.25) is 0 Å². The van der Waals surface area contributed by atoms with Crippen LogP contribution < -0.4 is 0 Å². The van der Waals surface area contributed by atoms with Crippen molar-refractivity contribution >= 4 is 0 Å². The standard InChI is InChI=1S/C12H24O2/c1-3-10-6-4-5-7-11(10)12(13)8-9-14-2/h10-13H,3-9H2,1-2H3. The van der Waals surface area contributed by atoms with Gasteiger partial charge in [0, 0.05) is 13.7 Å². The highest BCUT2D eigenvalue weighted by molar-refractivity contribution is 4.79. The molecule has 0 heterocycles. The first kappa shape index (κ1) is 12.0. The monoisotopic (exact) mass is 200 g/mol. The van der Waals surface area contributed by atoms with Crippen molar-refractivity contribution in [3.63, 3.8) is 0 Å². The van der Waals surface area contributed by atoms with Gasteiger partial charge in [-0.2, -0.15) is 0 Å². The molecule has 0 aliphatic heterocycles. The van der Waals surface area contributed by atoms with E-state index >= 15 is 0 Å². The summed E-state index contributed by atoms with van der Waals surface area (Å²) in [7, 11) is 1.70. The van der Waals surface area contributed by atoms with Crippen molar-refractivity contribution in [1.82, 2.24) is 0 Å². The number of aliphatic hydroxyl groups is 1. The van der Waals surface area contributed by atoms with E-state index in [0.29, 0.717) is 12.5 Å². The van der Waals surface area contributed by atoms with Gasteiger partial charge in [-0.15, -0.1) is 0 Å². The second kappa shape index (κ2) is 6.41. The molecule has 0 spiro atoms. The Kier molecular flexibility index (Phi) is 5.49. The summed E-state index contributed by atoms with van der Waals surface area (Å²) in [6, 6.07) is 0. The lowest BCUT2D eigenvalue weighted by Crippen LogP contribution is -2.31. The van der Waals surface area contributed by atoms with E-state index in [1.54, 1.807) is 7.11 Å². The van der Waals surface area contributed by atoms with E-state index in [9.17, 15) is 5.11 Å². The summed E-state index contributed by atoms with van der Waals surface area (Å²) >= 11 is 0. The molecule has 2 heteroatoms. The van der Waals surface area contributed by atoms with Gasteiger partial charge < -0.3 is 9.84 Å². The van der Waals surface area contributed by atoms with Crippen LogP contribution >= 0.6 is 0 Å². The lowest BCUT2D eigenvalue weighted by Gasteiger charge is -2.34. The number of rotatable bonds is 5. The maximum Gasteiger partial charge on any atom is 0.0593 e. The van der Waals surface area contributed by atoms with Crippen molar-refractivity contribution < 1.29 is 9.84 Å². The summed E-state index contributed by atoms with van der Waals surface area (Å²) < 4.78 is 5.01. The molecule has 1 saturated carbocycles. The quantitative estimate of drug-likeness (QED) is 0.739. The lowest BCUT2D eigenvalue weighted by atomic mass is 9.74.